The van der Waals surface area contributed by atoms with Crippen LogP contribution in [0.2, 0.25) is 0 Å². The van der Waals surface area contributed by atoms with Gasteiger partial charge in [0.1, 0.15) is 18.8 Å². The number of hydrogen-bond acceptors (Lipinski definition) is 5. The lowest BCUT2D eigenvalue weighted by atomic mass is 9.60. The molecule has 170 valence electrons. The van der Waals surface area contributed by atoms with E-state index in [4.69, 9.17) is 4.74 Å². The molecule has 1 aliphatic carbocycles. The average molecular weight is 414 g/mol. The molecule has 6 nitrogen and oxygen atoms in total. The molecule has 0 radical (unpaired) electrons. The van der Waals surface area contributed by atoms with Crippen molar-refractivity contribution in [3.8, 4) is 0 Å². The van der Waals surface area contributed by atoms with Gasteiger partial charge < -0.3 is 20.3 Å². The summed E-state index contributed by atoms with van der Waals surface area (Å²) in [6.45, 7) is 12.1. The highest BCUT2D eigenvalue weighted by Crippen LogP contribution is 2.46. The number of rotatable bonds is 11. The molecule has 4 unspecified atom stereocenters. The summed E-state index contributed by atoms with van der Waals surface area (Å²) in [4.78, 5) is 24.4. The zero-order valence-electron chi connectivity index (χ0n) is 19.3. The van der Waals surface area contributed by atoms with Crippen molar-refractivity contribution in [3.05, 3.63) is 0 Å². The van der Waals surface area contributed by atoms with Crippen LogP contribution in [0, 0.1) is 22.7 Å². The minimum absolute atomic E-state index is 0.0898. The predicted molar refractivity (Wildman–Crippen MR) is 115 cm³/mol. The lowest BCUT2D eigenvalue weighted by molar-refractivity contribution is -0.170. The van der Waals surface area contributed by atoms with Gasteiger partial charge in [0.2, 0.25) is 0 Å². The van der Waals surface area contributed by atoms with Crippen molar-refractivity contribution >= 4 is 11.9 Å². The van der Waals surface area contributed by atoms with Gasteiger partial charge >= 0.3 is 11.9 Å². The van der Waals surface area contributed by atoms with Crippen LogP contribution in [0.15, 0.2) is 0 Å². The highest BCUT2D eigenvalue weighted by molar-refractivity contribution is 5.77. The largest absolute Gasteiger partial charge is 0.480 e. The third-order valence-electron chi connectivity index (χ3n) is 7.18. The molecule has 6 heteroatoms. The zero-order chi connectivity index (χ0) is 22.2. The van der Waals surface area contributed by atoms with Crippen LogP contribution in [0.25, 0.3) is 0 Å². The van der Waals surface area contributed by atoms with E-state index in [0.717, 1.165) is 32.1 Å². The molecule has 0 aromatic carbocycles. The summed E-state index contributed by atoms with van der Waals surface area (Å²) in [5, 5.41) is 22.7. The fourth-order valence-electron chi connectivity index (χ4n) is 4.34. The molecule has 3 N–H and O–H groups in total. The molecular formula is C23H43NO5. The standard InChI is InChI=1S/C23H43NO5/c1-7-16(2)23(6,22(3,4)5)21(28)29-15-18(25)14-24-19(20(26)27)13-17-11-9-8-10-12-17/h16-19,24-25H,7-15H2,1-6H3,(H,26,27). The highest BCUT2D eigenvalue weighted by atomic mass is 16.5. The van der Waals surface area contributed by atoms with Gasteiger partial charge in [-0.25, -0.2) is 0 Å². The first-order chi connectivity index (χ1) is 13.4. The number of carbonyl (C=O) groups excluding carboxylic acids is 1. The van der Waals surface area contributed by atoms with Crippen LogP contribution in [0.5, 0.6) is 0 Å². The van der Waals surface area contributed by atoms with Crippen LogP contribution < -0.4 is 5.32 Å². The van der Waals surface area contributed by atoms with Gasteiger partial charge in [0.15, 0.2) is 0 Å². The number of hydrogen-bond donors (Lipinski definition) is 3. The molecule has 0 aromatic rings. The fourth-order valence-corrected chi connectivity index (χ4v) is 4.34. The molecule has 0 spiro atoms. The van der Waals surface area contributed by atoms with E-state index >= 15 is 0 Å². The van der Waals surface area contributed by atoms with Crippen molar-refractivity contribution in [2.24, 2.45) is 22.7 Å². The molecule has 4 atom stereocenters. The molecule has 0 heterocycles. The quantitative estimate of drug-likeness (QED) is 0.443. The second kappa shape index (κ2) is 11.3. The van der Waals surface area contributed by atoms with Crippen molar-refractivity contribution in [1.82, 2.24) is 5.32 Å². The van der Waals surface area contributed by atoms with E-state index in [1.165, 1.54) is 6.42 Å². The Morgan fingerprint density at radius 3 is 2.21 bits per heavy atom. The first kappa shape index (κ1) is 25.9. The Morgan fingerprint density at radius 1 is 1.14 bits per heavy atom. The number of nitrogens with one attached hydrogen (secondary N) is 1. The summed E-state index contributed by atoms with van der Waals surface area (Å²) in [6.07, 6.45) is 6.21. The van der Waals surface area contributed by atoms with Crippen LogP contribution in [0.3, 0.4) is 0 Å². The van der Waals surface area contributed by atoms with Crippen LogP contribution in [0.4, 0.5) is 0 Å². The molecule has 0 amide bonds. The van der Waals surface area contributed by atoms with Gasteiger partial charge in [0.05, 0.1) is 5.41 Å². The molecule has 0 aliphatic heterocycles. The number of carboxylic acids is 1. The van der Waals surface area contributed by atoms with Gasteiger partial charge in [-0.1, -0.05) is 73.1 Å². The van der Waals surface area contributed by atoms with Crippen molar-refractivity contribution in [1.29, 1.82) is 0 Å². The Bertz CT molecular complexity index is 524. The van der Waals surface area contributed by atoms with Gasteiger partial charge in [0, 0.05) is 6.54 Å². The summed E-state index contributed by atoms with van der Waals surface area (Å²) >= 11 is 0. The minimum atomic E-state index is -0.937. The van der Waals surface area contributed by atoms with Gasteiger partial charge in [-0.15, -0.1) is 0 Å². The van der Waals surface area contributed by atoms with Crippen LogP contribution >= 0.6 is 0 Å². The van der Waals surface area contributed by atoms with Crippen molar-refractivity contribution in [2.75, 3.05) is 13.2 Å². The molecule has 0 saturated heterocycles. The summed E-state index contributed by atoms with van der Waals surface area (Å²) < 4.78 is 5.48. The lowest BCUT2D eigenvalue weighted by Gasteiger charge is -2.44. The Hall–Kier alpha value is -1.14. The Kier molecular flexibility index (Phi) is 10.1. The third kappa shape index (κ3) is 7.25. The number of carboxylic acid groups (broad SMARTS) is 1. The monoisotopic (exact) mass is 413 g/mol. The average Bonchev–Trinajstić information content (AvgIpc) is 2.67. The molecule has 1 rings (SSSR count). The van der Waals surface area contributed by atoms with Crippen molar-refractivity contribution in [3.63, 3.8) is 0 Å². The Labute approximate surface area is 176 Å². The Balaban J connectivity index is 2.56. The number of aliphatic hydroxyl groups excluding tert-OH is 1. The van der Waals surface area contributed by atoms with Crippen LogP contribution in [-0.4, -0.2) is 47.4 Å². The topological polar surface area (TPSA) is 95.9 Å². The van der Waals surface area contributed by atoms with E-state index < -0.39 is 23.5 Å². The second-order valence-corrected chi connectivity index (χ2v) is 10.1. The summed E-state index contributed by atoms with van der Waals surface area (Å²) in [6, 6.07) is -0.677. The molecule has 1 saturated carbocycles. The van der Waals surface area contributed by atoms with Gasteiger partial charge in [-0.2, -0.15) is 0 Å². The molecule has 1 fully saturated rings. The van der Waals surface area contributed by atoms with Gasteiger partial charge in [-0.3, -0.25) is 9.59 Å². The number of aliphatic hydroxyl groups is 1. The maximum Gasteiger partial charge on any atom is 0.320 e. The number of aliphatic carboxylic acids is 1. The van der Waals surface area contributed by atoms with E-state index in [1.54, 1.807) is 0 Å². The Morgan fingerprint density at radius 2 is 1.72 bits per heavy atom. The fraction of sp³-hybridized carbons (Fsp3) is 0.913. The molecule has 29 heavy (non-hydrogen) atoms. The minimum Gasteiger partial charge on any atom is -0.480 e. The second-order valence-electron chi connectivity index (χ2n) is 10.1. The van der Waals surface area contributed by atoms with Gasteiger partial charge in [-0.05, 0) is 30.6 Å². The van der Waals surface area contributed by atoms with E-state index in [9.17, 15) is 19.8 Å². The lowest BCUT2D eigenvalue weighted by Crippen LogP contribution is -2.48. The van der Waals surface area contributed by atoms with Gasteiger partial charge in [0.25, 0.3) is 0 Å². The number of carbonyl (C=O) groups is 2. The predicted octanol–water partition coefficient (Wildman–Crippen LogP) is 4.00. The zero-order valence-corrected chi connectivity index (χ0v) is 19.3. The SMILES string of the molecule is CCC(C)C(C)(C(=O)OCC(O)CNC(CC1CCCCC1)C(=O)O)C(C)(C)C. The number of ether oxygens (including phenoxy) is 1. The molecule has 1 aliphatic rings. The number of esters is 1. The maximum atomic E-state index is 12.9. The van der Waals surface area contributed by atoms with Crippen molar-refractivity contribution in [2.45, 2.75) is 98.6 Å². The molecular weight excluding hydrogens is 370 g/mol. The van der Waals surface area contributed by atoms with E-state index in [-0.39, 0.29) is 30.5 Å². The summed E-state index contributed by atoms with van der Waals surface area (Å²) in [7, 11) is 0. The van der Waals surface area contributed by atoms with E-state index in [0.29, 0.717) is 12.3 Å². The summed E-state index contributed by atoms with van der Waals surface area (Å²) in [5.41, 5.74) is -0.948. The highest BCUT2D eigenvalue weighted by Gasteiger charge is 2.49. The summed E-state index contributed by atoms with van der Waals surface area (Å²) in [5.74, 6) is -0.639. The first-order valence-corrected chi connectivity index (χ1v) is 11.2. The van der Waals surface area contributed by atoms with Crippen LogP contribution in [-0.2, 0) is 14.3 Å². The smallest absolute Gasteiger partial charge is 0.320 e. The molecule has 0 aromatic heterocycles. The van der Waals surface area contributed by atoms with E-state index in [1.807, 2.05) is 34.6 Å². The van der Waals surface area contributed by atoms with Crippen LogP contribution in [0.1, 0.15) is 86.5 Å². The third-order valence-corrected chi connectivity index (χ3v) is 7.18. The maximum absolute atomic E-state index is 12.9. The molecule has 0 bridgehead atoms. The van der Waals surface area contributed by atoms with E-state index in [2.05, 4.69) is 12.2 Å². The normalized spacial score (nSPS) is 21.1. The first-order valence-electron chi connectivity index (χ1n) is 11.2. The van der Waals surface area contributed by atoms with Crippen molar-refractivity contribution < 1.29 is 24.5 Å².